The fourth-order valence-corrected chi connectivity index (χ4v) is 3.03. The second-order valence-electron chi connectivity index (χ2n) is 6.97. The number of ether oxygens (including phenoxy) is 1. The number of amides is 1. The molecular weight excluding hydrogens is 306 g/mol. The third kappa shape index (κ3) is 4.39. The van der Waals surface area contributed by atoms with Gasteiger partial charge in [-0.25, -0.2) is 0 Å². The molecular formula is C16H28F2N2O3. The monoisotopic (exact) mass is 334 g/mol. The van der Waals surface area contributed by atoms with Gasteiger partial charge in [0.2, 0.25) is 0 Å². The summed E-state index contributed by atoms with van der Waals surface area (Å²) in [5.41, 5.74) is -2.15. The van der Waals surface area contributed by atoms with Crippen molar-refractivity contribution in [2.75, 3.05) is 26.2 Å². The Morgan fingerprint density at radius 2 is 2.00 bits per heavy atom. The minimum Gasteiger partial charge on any atom is -0.383 e. The number of aliphatic hydroxyl groups is 1. The molecule has 1 heterocycles. The molecule has 1 saturated heterocycles. The van der Waals surface area contributed by atoms with E-state index in [9.17, 15) is 18.7 Å². The molecule has 23 heavy (non-hydrogen) atoms. The SMILES string of the molecule is CC(C)OCCN1CCC(NC(=O)C(F)(F)C2(O)CCC2)CC1. The van der Waals surface area contributed by atoms with Crippen LogP contribution in [0.25, 0.3) is 0 Å². The quantitative estimate of drug-likeness (QED) is 0.741. The van der Waals surface area contributed by atoms with E-state index in [4.69, 9.17) is 4.74 Å². The second kappa shape index (κ2) is 7.40. The van der Waals surface area contributed by atoms with E-state index in [2.05, 4.69) is 10.2 Å². The first-order valence-electron chi connectivity index (χ1n) is 8.50. The molecule has 0 aromatic rings. The molecule has 7 heteroatoms. The molecule has 2 N–H and O–H groups in total. The molecule has 0 aromatic heterocycles. The number of hydrogen-bond acceptors (Lipinski definition) is 4. The highest BCUT2D eigenvalue weighted by Crippen LogP contribution is 2.44. The summed E-state index contributed by atoms with van der Waals surface area (Å²) in [6, 6.07) is -0.251. The number of rotatable bonds is 7. The van der Waals surface area contributed by atoms with E-state index in [0.29, 0.717) is 25.9 Å². The third-order valence-corrected chi connectivity index (χ3v) is 4.83. The Hall–Kier alpha value is -0.790. The van der Waals surface area contributed by atoms with Crippen LogP contribution in [0.5, 0.6) is 0 Å². The first-order chi connectivity index (χ1) is 10.7. The van der Waals surface area contributed by atoms with Crippen LogP contribution in [0.15, 0.2) is 0 Å². The molecule has 1 aliphatic heterocycles. The average Bonchev–Trinajstić information content (AvgIpc) is 2.46. The second-order valence-corrected chi connectivity index (χ2v) is 6.97. The summed E-state index contributed by atoms with van der Waals surface area (Å²) in [5.74, 6) is -5.03. The van der Waals surface area contributed by atoms with Crippen molar-refractivity contribution < 1.29 is 23.4 Å². The zero-order valence-electron chi connectivity index (χ0n) is 14.0. The van der Waals surface area contributed by atoms with Crippen molar-refractivity contribution in [3.05, 3.63) is 0 Å². The van der Waals surface area contributed by atoms with Crippen molar-refractivity contribution in [2.24, 2.45) is 0 Å². The summed E-state index contributed by atoms with van der Waals surface area (Å²) in [5, 5.41) is 12.2. The molecule has 2 aliphatic rings. The lowest BCUT2D eigenvalue weighted by Crippen LogP contribution is -2.62. The predicted molar refractivity (Wildman–Crippen MR) is 82.4 cm³/mol. The largest absolute Gasteiger partial charge is 0.383 e. The number of hydrogen-bond donors (Lipinski definition) is 2. The zero-order chi connectivity index (χ0) is 17.1. The fraction of sp³-hybridized carbons (Fsp3) is 0.938. The first-order valence-corrected chi connectivity index (χ1v) is 8.50. The number of alkyl halides is 2. The van der Waals surface area contributed by atoms with Gasteiger partial charge in [0.05, 0.1) is 12.7 Å². The van der Waals surface area contributed by atoms with Crippen LogP contribution in [-0.2, 0) is 9.53 Å². The van der Waals surface area contributed by atoms with Crippen LogP contribution in [0.2, 0.25) is 0 Å². The standard InChI is InChI=1S/C16H28F2N2O3/c1-12(2)23-11-10-20-8-4-13(5-9-20)19-14(21)16(17,18)15(22)6-3-7-15/h12-13,22H,3-11H2,1-2H3,(H,19,21). The molecule has 0 radical (unpaired) electrons. The van der Waals surface area contributed by atoms with Crippen LogP contribution in [0.4, 0.5) is 8.78 Å². The lowest BCUT2D eigenvalue weighted by molar-refractivity contribution is -0.216. The molecule has 2 rings (SSSR count). The van der Waals surface area contributed by atoms with Crippen molar-refractivity contribution in [2.45, 2.75) is 69.6 Å². The van der Waals surface area contributed by atoms with Crippen molar-refractivity contribution in [3.8, 4) is 0 Å². The minimum atomic E-state index is -3.70. The van der Waals surface area contributed by atoms with E-state index >= 15 is 0 Å². The van der Waals surface area contributed by atoms with Crippen LogP contribution in [-0.4, -0.2) is 65.8 Å². The Morgan fingerprint density at radius 3 is 2.48 bits per heavy atom. The fourth-order valence-electron chi connectivity index (χ4n) is 3.03. The van der Waals surface area contributed by atoms with Crippen molar-refractivity contribution >= 4 is 5.91 Å². The van der Waals surface area contributed by atoms with Crippen molar-refractivity contribution in [1.29, 1.82) is 0 Å². The Labute approximate surface area is 136 Å². The summed E-state index contributed by atoms with van der Waals surface area (Å²) >= 11 is 0. The number of halogens is 2. The molecule has 1 saturated carbocycles. The van der Waals surface area contributed by atoms with Crippen LogP contribution >= 0.6 is 0 Å². The molecule has 1 aliphatic carbocycles. The minimum absolute atomic E-state index is 0.0122. The predicted octanol–water partition coefficient (Wildman–Crippen LogP) is 1.54. The summed E-state index contributed by atoms with van der Waals surface area (Å²) in [6.45, 7) is 6.94. The number of nitrogens with one attached hydrogen (secondary N) is 1. The lowest BCUT2D eigenvalue weighted by atomic mass is 9.75. The van der Waals surface area contributed by atoms with E-state index in [1.807, 2.05) is 13.8 Å². The summed E-state index contributed by atoms with van der Waals surface area (Å²) < 4.78 is 33.6. The van der Waals surface area contributed by atoms with Gasteiger partial charge in [-0.15, -0.1) is 0 Å². The maximum absolute atomic E-state index is 14.0. The maximum atomic E-state index is 14.0. The van der Waals surface area contributed by atoms with Gasteiger partial charge >= 0.3 is 5.92 Å². The smallest absolute Gasteiger partial charge is 0.352 e. The van der Waals surface area contributed by atoms with E-state index in [-0.39, 0.29) is 25.0 Å². The summed E-state index contributed by atoms with van der Waals surface area (Å²) in [4.78, 5) is 14.1. The molecule has 5 nitrogen and oxygen atoms in total. The van der Waals surface area contributed by atoms with Crippen LogP contribution in [0.1, 0.15) is 46.0 Å². The van der Waals surface area contributed by atoms with E-state index < -0.39 is 17.4 Å². The normalized spacial score (nSPS) is 22.9. The average molecular weight is 334 g/mol. The van der Waals surface area contributed by atoms with Gasteiger partial charge in [0.25, 0.3) is 5.91 Å². The van der Waals surface area contributed by atoms with E-state index in [0.717, 1.165) is 19.6 Å². The maximum Gasteiger partial charge on any atom is 0.352 e. The summed E-state index contributed by atoms with van der Waals surface area (Å²) in [7, 11) is 0. The molecule has 2 fully saturated rings. The number of carbonyl (C=O) groups is 1. The highest BCUT2D eigenvalue weighted by atomic mass is 19.3. The highest BCUT2D eigenvalue weighted by molar-refractivity contribution is 5.85. The Kier molecular flexibility index (Phi) is 5.97. The summed E-state index contributed by atoms with van der Waals surface area (Å²) in [6.07, 6.45) is 2.00. The zero-order valence-corrected chi connectivity index (χ0v) is 14.0. The van der Waals surface area contributed by atoms with Gasteiger partial charge in [-0.2, -0.15) is 8.78 Å². The molecule has 0 spiro atoms. The molecule has 0 unspecified atom stereocenters. The molecule has 0 atom stereocenters. The van der Waals surface area contributed by atoms with E-state index in [1.165, 1.54) is 0 Å². The van der Waals surface area contributed by atoms with Gasteiger partial charge in [0.1, 0.15) is 5.60 Å². The number of piperidine rings is 1. The highest BCUT2D eigenvalue weighted by Gasteiger charge is 2.61. The molecule has 0 bridgehead atoms. The van der Waals surface area contributed by atoms with Gasteiger partial charge < -0.3 is 20.1 Å². The molecule has 1 amide bonds. The molecule has 134 valence electrons. The number of carbonyl (C=O) groups excluding carboxylic acids is 1. The number of nitrogens with zero attached hydrogens (tertiary/aromatic N) is 1. The Morgan fingerprint density at radius 1 is 1.39 bits per heavy atom. The lowest BCUT2D eigenvalue weighted by Gasteiger charge is -2.42. The van der Waals surface area contributed by atoms with Crippen LogP contribution < -0.4 is 5.32 Å². The Bertz CT molecular complexity index is 406. The van der Waals surface area contributed by atoms with Gasteiger partial charge in [0.15, 0.2) is 0 Å². The van der Waals surface area contributed by atoms with Gasteiger partial charge in [0, 0.05) is 25.7 Å². The van der Waals surface area contributed by atoms with Gasteiger partial charge in [-0.3, -0.25) is 4.79 Å². The van der Waals surface area contributed by atoms with E-state index in [1.54, 1.807) is 0 Å². The Balaban J connectivity index is 1.72. The number of likely N-dealkylation sites (tertiary alicyclic amines) is 1. The third-order valence-electron chi connectivity index (χ3n) is 4.83. The van der Waals surface area contributed by atoms with Gasteiger partial charge in [-0.1, -0.05) is 0 Å². The van der Waals surface area contributed by atoms with Crippen molar-refractivity contribution in [1.82, 2.24) is 10.2 Å². The van der Waals surface area contributed by atoms with Gasteiger partial charge in [-0.05, 0) is 46.0 Å². The molecule has 0 aromatic carbocycles. The topological polar surface area (TPSA) is 61.8 Å². The van der Waals surface area contributed by atoms with Crippen LogP contribution in [0, 0.1) is 0 Å². The van der Waals surface area contributed by atoms with Crippen molar-refractivity contribution in [3.63, 3.8) is 0 Å². The van der Waals surface area contributed by atoms with Crippen LogP contribution in [0.3, 0.4) is 0 Å². The first kappa shape index (κ1) is 18.5.